The number of benzene rings is 1. The van der Waals surface area contributed by atoms with Gasteiger partial charge in [-0.1, -0.05) is 12.1 Å². The molecule has 1 rings (SSSR count). The molecule has 1 amide bonds. The normalized spacial score (nSPS) is 8.58. The van der Waals surface area contributed by atoms with Gasteiger partial charge in [0.2, 0.25) is 0 Å². The summed E-state index contributed by atoms with van der Waals surface area (Å²) >= 11 is 0. The topological polar surface area (TPSA) is 52.9 Å². The van der Waals surface area contributed by atoms with Gasteiger partial charge in [-0.2, -0.15) is 5.26 Å². The lowest BCUT2D eigenvalue weighted by atomic mass is 10.2. The molecule has 3 nitrogen and oxygen atoms in total. The van der Waals surface area contributed by atoms with Gasteiger partial charge in [-0.25, -0.2) is 0 Å². The summed E-state index contributed by atoms with van der Waals surface area (Å²) in [6.07, 6.45) is 0. The van der Waals surface area contributed by atoms with E-state index in [0.29, 0.717) is 5.56 Å². The van der Waals surface area contributed by atoms with Crippen LogP contribution in [0.3, 0.4) is 0 Å². The van der Waals surface area contributed by atoms with Crippen LogP contribution < -0.4 is 5.32 Å². The molecule has 0 fully saturated rings. The Balaban J connectivity index is 2.61. The lowest BCUT2D eigenvalue weighted by Gasteiger charge is -1.98. The largest absolute Gasteiger partial charge is 0.339 e. The van der Waals surface area contributed by atoms with Crippen LogP contribution >= 0.6 is 0 Å². The van der Waals surface area contributed by atoms with Gasteiger partial charge in [0.1, 0.15) is 6.54 Å². The number of nitriles is 1. The van der Waals surface area contributed by atoms with Crippen LogP contribution in [0.4, 0.5) is 0 Å². The van der Waals surface area contributed by atoms with Crippen molar-refractivity contribution in [1.29, 1.82) is 5.26 Å². The zero-order chi connectivity index (χ0) is 8.81. The number of hydrogen-bond donors (Lipinski definition) is 1. The van der Waals surface area contributed by atoms with E-state index in [1.165, 1.54) is 0 Å². The van der Waals surface area contributed by atoms with E-state index in [4.69, 9.17) is 5.26 Å². The molecule has 0 saturated carbocycles. The Morgan fingerprint density at radius 2 is 2.25 bits per heavy atom. The van der Waals surface area contributed by atoms with Crippen LogP contribution in [0.15, 0.2) is 24.3 Å². The van der Waals surface area contributed by atoms with E-state index < -0.39 is 0 Å². The van der Waals surface area contributed by atoms with E-state index in [9.17, 15) is 4.79 Å². The molecule has 0 aliphatic carbocycles. The standard InChI is InChI=1S/C9H7N2O/c10-6-7-11-9(12)8-4-2-1-3-5-8/h2-5H,7H2,(H,11,12). The van der Waals surface area contributed by atoms with Crippen molar-refractivity contribution in [2.75, 3.05) is 6.54 Å². The molecular formula is C9H7N2O. The predicted octanol–water partition coefficient (Wildman–Crippen LogP) is 0.740. The van der Waals surface area contributed by atoms with Crippen molar-refractivity contribution in [2.24, 2.45) is 0 Å². The quantitative estimate of drug-likeness (QED) is 0.647. The van der Waals surface area contributed by atoms with Gasteiger partial charge in [-0.3, -0.25) is 4.79 Å². The second-order valence-electron chi connectivity index (χ2n) is 2.13. The number of hydrogen-bond acceptors (Lipinski definition) is 2. The molecule has 59 valence electrons. The summed E-state index contributed by atoms with van der Waals surface area (Å²) in [5, 5.41) is 10.6. The van der Waals surface area contributed by atoms with Crippen molar-refractivity contribution in [3.63, 3.8) is 0 Å². The van der Waals surface area contributed by atoms with Crippen LogP contribution in [0.25, 0.3) is 0 Å². The lowest BCUT2D eigenvalue weighted by molar-refractivity contribution is 0.0958. The van der Waals surface area contributed by atoms with E-state index in [1.54, 1.807) is 24.3 Å². The molecule has 12 heavy (non-hydrogen) atoms. The first-order valence-corrected chi connectivity index (χ1v) is 3.46. The van der Waals surface area contributed by atoms with Gasteiger partial charge in [0.15, 0.2) is 0 Å². The Morgan fingerprint density at radius 1 is 1.58 bits per heavy atom. The van der Waals surface area contributed by atoms with E-state index in [1.807, 2.05) is 6.07 Å². The first kappa shape index (κ1) is 8.28. The molecule has 0 aliphatic heterocycles. The number of nitrogens with zero attached hydrogens (tertiary/aromatic N) is 1. The minimum absolute atomic E-state index is 0.0391. The maximum Gasteiger partial charge on any atom is 0.252 e. The minimum atomic E-state index is -0.231. The van der Waals surface area contributed by atoms with Crippen molar-refractivity contribution in [3.05, 3.63) is 35.9 Å². The van der Waals surface area contributed by atoms with E-state index in [2.05, 4.69) is 11.4 Å². The molecule has 1 radical (unpaired) electrons. The lowest BCUT2D eigenvalue weighted by Crippen LogP contribution is -2.23. The summed E-state index contributed by atoms with van der Waals surface area (Å²) in [5.41, 5.74) is 0.545. The van der Waals surface area contributed by atoms with Crippen LogP contribution in [0.5, 0.6) is 0 Å². The maximum absolute atomic E-state index is 11.1. The molecule has 1 N–H and O–H groups in total. The Labute approximate surface area is 70.6 Å². The predicted molar refractivity (Wildman–Crippen MR) is 43.2 cm³/mol. The third-order valence-corrected chi connectivity index (χ3v) is 1.31. The Bertz CT molecular complexity index is 300. The fourth-order valence-electron chi connectivity index (χ4n) is 0.760. The second kappa shape index (κ2) is 4.14. The summed E-state index contributed by atoms with van der Waals surface area (Å²) in [5.74, 6) is -0.231. The molecule has 0 spiro atoms. The van der Waals surface area contributed by atoms with Gasteiger partial charge < -0.3 is 5.32 Å². The van der Waals surface area contributed by atoms with Crippen LogP contribution in [-0.4, -0.2) is 12.5 Å². The average molecular weight is 159 g/mol. The third-order valence-electron chi connectivity index (χ3n) is 1.31. The summed E-state index contributed by atoms with van der Waals surface area (Å²) < 4.78 is 0. The van der Waals surface area contributed by atoms with Crippen LogP contribution in [0.1, 0.15) is 10.4 Å². The SMILES string of the molecule is N#CCNC(=O)c1cc[c]cc1. The average Bonchev–Trinajstić information content (AvgIpc) is 2.15. The summed E-state index contributed by atoms with van der Waals surface area (Å²) in [7, 11) is 0. The molecule has 0 atom stereocenters. The molecular weight excluding hydrogens is 152 g/mol. The second-order valence-corrected chi connectivity index (χ2v) is 2.13. The van der Waals surface area contributed by atoms with E-state index >= 15 is 0 Å². The zero-order valence-electron chi connectivity index (χ0n) is 6.37. The van der Waals surface area contributed by atoms with Crippen LogP contribution in [0, 0.1) is 17.4 Å². The van der Waals surface area contributed by atoms with Crippen molar-refractivity contribution >= 4 is 5.91 Å². The van der Waals surface area contributed by atoms with E-state index in [0.717, 1.165) is 0 Å². The highest BCUT2D eigenvalue weighted by Gasteiger charge is 2.01. The highest BCUT2D eigenvalue weighted by atomic mass is 16.1. The van der Waals surface area contributed by atoms with Crippen LogP contribution in [-0.2, 0) is 0 Å². The summed E-state index contributed by atoms with van der Waals surface area (Å²) in [6.45, 7) is 0.0391. The number of carbonyl (C=O) groups is 1. The van der Waals surface area contributed by atoms with Crippen molar-refractivity contribution in [3.8, 4) is 6.07 Å². The zero-order valence-corrected chi connectivity index (χ0v) is 6.37. The van der Waals surface area contributed by atoms with Gasteiger partial charge in [0.05, 0.1) is 6.07 Å². The number of rotatable bonds is 2. The Kier molecular flexibility index (Phi) is 2.86. The number of amides is 1. The number of carbonyl (C=O) groups excluding carboxylic acids is 1. The molecule has 0 aliphatic rings. The molecule has 0 bridgehead atoms. The first-order chi connectivity index (χ1) is 5.84. The van der Waals surface area contributed by atoms with Gasteiger partial charge in [-0.05, 0) is 18.2 Å². The molecule has 0 heterocycles. The molecule has 0 unspecified atom stereocenters. The summed E-state index contributed by atoms with van der Waals surface area (Å²) in [6, 6.07) is 11.2. The molecule has 3 heteroatoms. The Morgan fingerprint density at radius 3 is 2.83 bits per heavy atom. The summed E-state index contributed by atoms with van der Waals surface area (Å²) in [4.78, 5) is 11.1. The first-order valence-electron chi connectivity index (χ1n) is 3.46. The van der Waals surface area contributed by atoms with Crippen molar-refractivity contribution in [2.45, 2.75) is 0 Å². The van der Waals surface area contributed by atoms with Gasteiger partial charge >= 0.3 is 0 Å². The highest BCUT2D eigenvalue weighted by molar-refractivity contribution is 5.94. The van der Waals surface area contributed by atoms with Gasteiger partial charge in [-0.15, -0.1) is 0 Å². The van der Waals surface area contributed by atoms with Gasteiger partial charge in [0, 0.05) is 5.56 Å². The minimum Gasteiger partial charge on any atom is -0.339 e. The number of nitrogens with one attached hydrogen (secondary N) is 1. The van der Waals surface area contributed by atoms with Crippen molar-refractivity contribution in [1.82, 2.24) is 5.32 Å². The smallest absolute Gasteiger partial charge is 0.252 e. The molecule has 0 aromatic heterocycles. The molecule has 1 aromatic rings. The highest BCUT2D eigenvalue weighted by Crippen LogP contribution is 1.96. The Hall–Kier alpha value is -1.82. The molecule has 1 aromatic carbocycles. The van der Waals surface area contributed by atoms with Crippen LogP contribution in [0.2, 0.25) is 0 Å². The monoisotopic (exact) mass is 159 g/mol. The fourth-order valence-corrected chi connectivity index (χ4v) is 0.760. The molecule has 0 saturated heterocycles. The fraction of sp³-hybridized carbons (Fsp3) is 0.111. The van der Waals surface area contributed by atoms with E-state index in [-0.39, 0.29) is 12.5 Å². The van der Waals surface area contributed by atoms with Crippen molar-refractivity contribution < 1.29 is 4.79 Å². The maximum atomic E-state index is 11.1. The van der Waals surface area contributed by atoms with Gasteiger partial charge in [0.25, 0.3) is 5.91 Å². The third kappa shape index (κ3) is 2.10.